The number of aryl methyl sites for hydroxylation is 1. The van der Waals surface area contributed by atoms with E-state index in [4.69, 9.17) is 0 Å². The minimum Gasteiger partial charge on any atom is -0.278 e. The number of benzene rings is 2. The molecule has 0 aliphatic rings. The van der Waals surface area contributed by atoms with Crippen LogP contribution in [-0.4, -0.2) is 10.2 Å². The van der Waals surface area contributed by atoms with Crippen molar-refractivity contribution in [1.82, 2.24) is 10.2 Å². The zero-order chi connectivity index (χ0) is 9.54. The van der Waals surface area contributed by atoms with E-state index in [1.807, 2.05) is 6.20 Å². The van der Waals surface area contributed by atoms with E-state index in [9.17, 15) is 0 Å². The largest absolute Gasteiger partial charge is 0.278 e. The highest BCUT2D eigenvalue weighted by atomic mass is 15.1. The summed E-state index contributed by atoms with van der Waals surface area (Å²) in [6.07, 6.45) is 1.89. The van der Waals surface area contributed by atoms with Gasteiger partial charge in [0.25, 0.3) is 0 Å². The summed E-state index contributed by atoms with van der Waals surface area (Å²) in [6, 6.07) is 10.6. The molecule has 3 rings (SSSR count). The number of nitrogens with zero attached hydrogens (tertiary/aromatic N) is 1. The zero-order valence-electron chi connectivity index (χ0n) is 7.91. The number of hydrogen-bond donors (Lipinski definition) is 1. The van der Waals surface area contributed by atoms with Gasteiger partial charge >= 0.3 is 0 Å². The molecule has 2 nitrogen and oxygen atoms in total. The zero-order valence-corrected chi connectivity index (χ0v) is 7.91. The molecule has 68 valence electrons. The molecule has 0 radical (unpaired) electrons. The minimum absolute atomic E-state index is 1.11. The van der Waals surface area contributed by atoms with Gasteiger partial charge in [-0.25, -0.2) is 0 Å². The molecule has 0 amide bonds. The molecule has 3 aromatic rings. The standard InChI is InChI=1S/C12H10N2/c1-8-10-5-3-2-4-9(10)6-12-11(8)7-13-14-12/h2-7H,1H3,(H,13,14). The van der Waals surface area contributed by atoms with Gasteiger partial charge in [-0.1, -0.05) is 24.3 Å². The monoisotopic (exact) mass is 182 g/mol. The number of aromatic nitrogens is 2. The highest BCUT2D eigenvalue weighted by molar-refractivity contribution is 6.00. The van der Waals surface area contributed by atoms with Gasteiger partial charge in [-0.2, -0.15) is 5.10 Å². The van der Waals surface area contributed by atoms with E-state index in [1.54, 1.807) is 0 Å². The number of nitrogens with one attached hydrogen (secondary N) is 1. The number of H-pyrrole nitrogens is 1. The number of fused-ring (bicyclic) bond motifs is 2. The molecular weight excluding hydrogens is 172 g/mol. The summed E-state index contributed by atoms with van der Waals surface area (Å²) in [7, 11) is 0. The van der Waals surface area contributed by atoms with Crippen LogP contribution in [0.25, 0.3) is 21.7 Å². The van der Waals surface area contributed by atoms with Crippen molar-refractivity contribution in [3.05, 3.63) is 42.1 Å². The second-order valence-electron chi connectivity index (χ2n) is 3.55. The SMILES string of the molecule is Cc1c2ccccc2cc2[nH]ncc12. The average molecular weight is 182 g/mol. The topological polar surface area (TPSA) is 28.7 Å². The van der Waals surface area contributed by atoms with Crippen LogP contribution in [0.5, 0.6) is 0 Å². The molecule has 2 heteroatoms. The molecule has 2 aromatic carbocycles. The molecular formula is C12H10N2. The molecule has 0 fully saturated rings. The van der Waals surface area contributed by atoms with Crippen molar-refractivity contribution in [2.75, 3.05) is 0 Å². The number of rotatable bonds is 0. The summed E-state index contributed by atoms with van der Waals surface area (Å²) in [4.78, 5) is 0. The number of aromatic amines is 1. The van der Waals surface area contributed by atoms with E-state index in [2.05, 4.69) is 47.5 Å². The maximum absolute atomic E-state index is 4.06. The first-order valence-corrected chi connectivity index (χ1v) is 4.68. The molecule has 0 saturated carbocycles. The highest BCUT2D eigenvalue weighted by Gasteiger charge is 2.03. The Bertz CT molecular complexity index is 608. The molecule has 0 bridgehead atoms. The summed E-state index contributed by atoms with van der Waals surface area (Å²) >= 11 is 0. The molecule has 14 heavy (non-hydrogen) atoms. The van der Waals surface area contributed by atoms with Crippen molar-refractivity contribution in [1.29, 1.82) is 0 Å². The first-order chi connectivity index (χ1) is 6.86. The third-order valence-corrected chi connectivity index (χ3v) is 2.74. The second-order valence-corrected chi connectivity index (χ2v) is 3.55. The van der Waals surface area contributed by atoms with Gasteiger partial charge in [0, 0.05) is 5.39 Å². The molecule has 1 heterocycles. The van der Waals surface area contributed by atoms with E-state index in [0.717, 1.165) is 5.52 Å². The maximum atomic E-state index is 4.06. The Kier molecular flexibility index (Phi) is 1.39. The smallest absolute Gasteiger partial charge is 0.0659 e. The Labute approximate surface area is 81.6 Å². The van der Waals surface area contributed by atoms with Crippen LogP contribution in [0.4, 0.5) is 0 Å². The third-order valence-electron chi connectivity index (χ3n) is 2.74. The summed E-state index contributed by atoms with van der Waals surface area (Å²) in [6.45, 7) is 2.14. The predicted octanol–water partition coefficient (Wildman–Crippen LogP) is 3.02. The summed E-state index contributed by atoms with van der Waals surface area (Å²) in [5.41, 5.74) is 2.41. The van der Waals surface area contributed by atoms with E-state index in [-0.39, 0.29) is 0 Å². The van der Waals surface area contributed by atoms with Crippen molar-refractivity contribution >= 4 is 21.7 Å². The Morgan fingerprint density at radius 3 is 2.93 bits per heavy atom. The van der Waals surface area contributed by atoms with Crippen LogP contribution < -0.4 is 0 Å². The molecule has 0 spiro atoms. The lowest BCUT2D eigenvalue weighted by atomic mass is 10.0. The second kappa shape index (κ2) is 2.58. The van der Waals surface area contributed by atoms with Gasteiger partial charge in [0.1, 0.15) is 0 Å². The van der Waals surface area contributed by atoms with Crippen LogP contribution in [-0.2, 0) is 0 Å². The first kappa shape index (κ1) is 7.56. The molecule has 0 aliphatic heterocycles. The molecule has 1 aromatic heterocycles. The minimum atomic E-state index is 1.11. The van der Waals surface area contributed by atoms with Crippen molar-refractivity contribution in [2.24, 2.45) is 0 Å². The Hall–Kier alpha value is -1.83. The quantitative estimate of drug-likeness (QED) is 0.568. The van der Waals surface area contributed by atoms with Crippen LogP contribution in [0.1, 0.15) is 5.56 Å². The van der Waals surface area contributed by atoms with Gasteiger partial charge in [-0.15, -0.1) is 0 Å². The van der Waals surface area contributed by atoms with Gasteiger partial charge in [0.15, 0.2) is 0 Å². The van der Waals surface area contributed by atoms with Crippen molar-refractivity contribution in [3.8, 4) is 0 Å². The van der Waals surface area contributed by atoms with Gasteiger partial charge in [0.05, 0.1) is 11.7 Å². The molecule has 0 unspecified atom stereocenters. The fraction of sp³-hybridized carbons (Fsp3) is 0.0833. The highest BCUT2D eigenvalue weighted by Crippen LogP contribution is 2.25. The predicted molar refractivity (Wildman–Crippen MR) is 58.3 cm³/mol. The summed E-state index contributed by atoms with van der Waals surface area (Å²) < 4.78 is 0. The van der Waals surface area contributed by atoms with E-state index >= 15 is 0 Å². The van der Waals surface area contributed by atoms with Crippen molar-refractivity contribution in [2.45, 2.75) is 6.92 Å². The van der Waals surface area contributed by atoms with E-state index in [1.165, 1.54) is 21.7 Å². The van der Waals surface area contributed by atoms with Crippen LogP contribution in [0.2, 0.25) is 0 Å². The first-order valence-electron chi connectivity index (χ1n) is 4.68. The Morgan fingerprint density at radius 1 is 1.14 bits per heavy atom. The van der Waals surface area contributed by atoms with Crippen LogP contribution >= 0.6 is 0 Å². The normalized spacial score (nSPS) is 11.2. The Morgan fingerprint density at radius 2 is 2.00 bits per heavy atom. The van der Waals surface area contributed by atoms with E-state index < -0.39 is 0 Å². The van der Waals surface area contributed by atoms with Crippen LogP contribution in [0.3, 0.4) is 0 Å². The van der Waals surface area contributed by atoms with Crippen LogP contribution in [0.15, 0.2) is 36.5 Å². The van der Waals surface area contributed by atoms with Gasteiger partial charge < -0.3 is 0 Å². The molecule has 0 saturated heterocycles. The van der Waals surface area contributed by atoms with Gasteiger partial charge in [0.2, 0.25) is 0 Å². The maximum Gasteiger partial charge on any atom is 0.0659 e. The van der Waals surface area contributed by atoms with Crippen molar-refractivity contribution < 1.29 is 0 Å². The van der Waals surface area contributed by atoms with E-state index in [0.29, 0.717) is 0 Å². The summed E-state index contributed by atoms with van der Waals surface area (Å²) in [5, 5.41) is 10.8. The molecule has 1 N–H and O–H groups in total. The summed E-state index contributed by atoms with van der Waals surface area (Å²) in [5.74, 6) is 0. The lowest BCUT2D eigenvalue weighted by molar-refractivity contribution is 1.12. The van der Waals surface area contributed by atoms with Crippen molar-refractivity contribution in [3.63, 3.8) is 0 Å². The fourth-order valence-electron chi connectivity index (χ4n) is 1.97. The van der Waals surface area contributed by atoms with Gasteiger partial charge in [-0.05, 0) is 29.3 Å². The lowest BCUT2D eigenvalue weighted by Gasteiger charge is -2.02. The number of hydrogen-bond acceptors (Lipinski definition) is 1. The molecule has 0 atom stereocenters. The third kappa shape index (κ3) is 0.880. The molecule has 0 aliphatic carbocycles. The average Bonchev–Trinajstić information content (AvgIpc) is 2.66. The fourth-order valence-corrected chi connectivity index (χ4v) is 1.97. The van der Waals surface area contributed by atoms with Gasteiger partial charge in [-0.3, -0.25) is 5.10 Å². The van der Waals surface area contributed by atoms with Crippen LogP contribution in [0, 0.1) is 6.92 Å². The lowest BCUT2D eigenvalue weighted by Crippen LogP contribution is -1.79. The Balaban J connectivity index is 2.63.